The molecule has 0 bridgehead atoms. The first-order valence-electron chi connectivity index (χ1n) is 6.89. The summed E-state index contributed by atoms with van der Waals surface area (Å²) in [6.45, 7) is 5.85. The average Bonchev–Trinajstić information content (AvgIpc) is 2.44. The number of nitrogens with one attached hydrogen (secondary N) is 1. The third-order valence-corrected chi connectivity index (χ3v) is 4.05. The summed E-state index contributed by atoms with van der Waals surface area (Å²) in [5.41, 5.74) is 2.00. The first kappa shape index (κ1) is 16.5. The number of nitrogens with zero attached hydrogens (tertiary/aromatic N) is 1. The lowest BCUT2D eigenvalue weighted by molar-refractivity contribution is 0.468. The predicted molar refractivity (Wildman–Crippen MR) is 92.9 cm³/mol. The molecule has 1 N–H and O–H groups in total. The zero-order valence-electron chi connectivity index (χ0n) is 12.1. The number of pyridine rings is 1. The molecule has 1 aromatic heterocycles. The van der Waals surface area contributed by atoms with E-state index in [0.717, 1.165) is 51.2 Å². The van der Waals surface area contributed by atoms with Crippen LogP contribution in [0.4, 0.5) is 0 Å². The van der Waals surface area contributed by atoms with Gasteiger partial charge in [0, 0.05) is 34.5 Å². The number of ether oxygens (including phenoxy) is 1. The highest BCUT2D eigenvalue weighted by Gasteiger charge is 2.09. The summed E-state index contributed by atoms with van der Waals surface area (Å²) in [7, 11) is 0. The lowest BCUT2D eigenvalue weighted by atomic mass is 10.2. The van der Waals surface area contributed by atoms with Crippen molar-refractivity contribution in [1.29, 1.82) is 0 Å². The molecular weight excluding hydrogens is 396 g/mol. The van der Waals surface area contributed by atoms with Crippen molar-refractivity contribution < 1.29 is 4.74 Å². The van der Waals surface area contributed by atoms with Crippen molar-refractivity contribution in [1.82, 2.24) is 10.3 Å². The van der Waals surface area contributed by atoms with E-state index in [4.69, 9.17) is 4.74 Å². The normalized spacial score (nSPS) is 10.7. The number of hydrogen-bond donors (Lipinski definition) is 1. The van der Waals surface area contributed by atoms with E-state index in [-0.39, 0.29) is 0 Å². The van der Waals surface area contributed by atoms with Gasteiger partial charge in [-0.05, 0) is 54.0 Å². The van der Waals surface area contributed by atoms with Gasteiger partial charge < -0.3 is 10.1 Å². The highest BCUT2D eigenvalue weighted by molar-refractivity contribution is 9.11. The zero-order valence-corrected chi connectivity index (χ0v) is 15.3. The van der Waals surface area contributed by atoms with Gasteiger partial charge in [0.1, 0.15) is 11.5 Å². The van der Waals surface area contributed by atoms with Crippen molar-refractivity contribution in [2.75, 3.05) is 6.54 Å². The van der Waals surface area contributed by atoms with Crippen molar-refractivity contribution in [2.24, 2.45) is 0 Å². The fraction of sp³-hybridized carbons (Fsp3) is 0.312. The summed E-state index contributed by atoms with van der Waals surface area (Å²) in [4.78, 5) is 4.36. The standard InChI is InChI=1S/C16H18Br2N2O/c1-3-6-19-9-12-10-20-11(2)7-16(12)21-15-5-4-13(17)8-14(15)18/h4-5,7-8,10,19H,3,6,9H2,1-2H3. The van der Waals surface area contributed by atoms with Crippen LogP contribution in [0, 0.1) is 6.92 Å². The summed E-state index contributed by atoms with van der Waals surface area (Å²) in [6, 6.07) is 7.84. The van der Waals surface area contributed by atoms with Gasteiger partial charge in [-0.25, -0.2) is 0 Å². The van der Waals surface area contributed by atoms with E-state index in [2.05, 4.69) is 49.1 Å². The molecule has 3 nitrogen and oxygen atoms in total. The smallest absolute Gasteiger partial charge is 0.141 e. The molecule has 21 heavy (non-hydrogen) atoms. The number of rotatable bonds is 6. The first-order chi connectivity index (χ1) is 10.1. The van der Waals surface area contributed by atoms with Crippen molar-refractivity contribution in [3.8, 4) is 11.5 Å². The van der Waals surface area contributed by atoms with Gasteiger partial charge in [0.25, 0.3) is 0 Å². The molecule has 0 saturated carbocycles. The largest absolute Gasteiger partial charge is 0.456 e. The van der Waals surface area contributed by atoms with E-state index in [1.54, 1.807) is 0 Å². The summed E-state index contributed by atoms with van der Waals surface area (Å²) in [5.74, 6) is 1.63. The Morgan fingerprint density at radius 3 is 2.71 bits per heavy atom. The predicted octanol–water partition coefficient (Wildman–Crippen LogP) is 5.21. The SMILES string of the molecule is CCCNCc1cnc(C)cc1Oc1ccc(Br)cc1Br. The Kier molecular flexibility index (Phi) is 6.21. The maximum atomic E-state index is 6.06. The average molecular weight is 414 g/mol. The molecule has 2 rings (SSSR count). The molecule has 0 spiro atoms. The van der Waals surface area contributed by atoms with E-state index >= 15 is 0 Å². The second kappa shape index (κ2) is 7.92. The molecule has 0 aliphatic carbocycles. The van der Waals surface area contributed by atoms with Crippen LogP contribution in [-0.2, 0) is 6.54 Å². The number of benzene rings is 1. The highest BCUT2D eigenvalue weighted by Crippen LogP contribution is 2.33. The molecule has 0 fully saturated rings. The fourth-order valence-electron chi connectivity index (χ4n) is 1.87. The topological polar surface area (TPSA) is 34.2 Å². The number of hydrogen-bond acceptors (Lipinski definition) is 3. The molecule has 1 aromatic carbocycles. The van der Waals surface area contributed by atoms with Gasteiger partial charge in [0.2, 0.25) is 0 Å². The Hall–Kier alpha value is -0.910. The molecule has 0 atom stereocenters. The molecule has 0 unspecified atom stereocenters. The fourth-order valence-corrected chi connectivity index (χ4v) is 3.00. The summed E-state index contributed by atoms with van der Waals surface area (Å²) >= 11 is 6.97. The Morgan fingerprint density at radius 1 is 1.19 bits per heavy atom. The van der Waals surface area contributed by atoms with Gasteiger partial charge in [0.05, 0.1) is 4.47 Å². The molecule has 0 saturated heterocycles. The Balaban J connectivity index is 2.22. The molecule has 2 aromatic rings. The Morgan fingerprint density at radius 2 is 2.00 bits per heavy atom. The summed E-state index contributed by atoms with van der Waals surface area (Å²) in [6.07, 6.45) is 2.98. The number of halogens is 2. The van der Waals surface area contributed by atoms with Crippen LogP contribution in [0.15, 0.2) is 39.4 Å². The van der Waals surface area contributed by atoms with E-state index < -0.39 is 0 Å². The quantitative estimate of drug-likeness (QED) is 0.660. The molecular formula is C16H18Br2N2O. The lowest BCUT2D eigenvalue weighted by Gasteiger charge is -2.13. The molecule has 112 valence electrons. The maximum Gasteiger partial charge on any atom is 0.141 e. The number of aryl methyl sites for hydroxylation is 1. The van der Waals surface area contributed by atoms with Crippen LogP contribution in [0.3, 0.4) is 0 Å². The van der Waals surface area contributed by atoms with Gasteiger partial charge in [-0.3, -0.25) is 4.98 Å². The molecule has 1 heterocycles. The van der Waals surface area contributed by atoms with Gasteiger partial charge in [-0.2, -0.15) is 0 Å². The van der Waals surface area contributed by atoms with Crippen LogP contribution in [0.2, 0.25) is 0 Å². The molecule has 0 amide bonds. The van der Waals surface area contributed by atoms with Gasteiger partial charge in [0.15, 0.2) is 0 Å². The van der Waals surface area contributed by atoms with Crippen LogP contribution in [0.25, 0.3) is 0 Å². The maximum absolute atomic E-state index is 6.06. The van der Waals surface area contributed by atoms with Crippen LogP contribution >= 0.6 is 31.9 Å². The third-order valence-electron chi connectivity index (χ3n) is 2.94. The molecule has 5 heteroatoms. The molecule has 0 aliphatic heterocycles. The monoisotopic (exact) mass is 412 g/mol. The van der Waals surface area contributed by atoms with E-state index in [1.165, 1.54) is 0 Å². The van der Waals surface area contributed by atoms with Crippen molar-refractivity contribution in [3.63, 3.8) is 0 Å². The summed E-state index contributed by atoms with van der Waals surface area (Å²) in [5, 5.41) is 3.38. The Bertz CT molecular complexity index is 617. The van der Waals surface area contributed by atoms with Crippen LogP contribution in [0.5, 0.6) is 11.5 Å². The van der Waals surface area contributed by atoms with Crippen LogP contribution in [0.1, 0.15) is 24.6 Å². The Labute approximate surface area is 142 Å². The highest BCUT2D eigenvalue weighted by atomic mass is 79.9. The zero-order chi connectivity index (χ0) is 15.2. The second-order valence-electron chi connectivity index (χ2n) is 4.79. The van der Waals surface area contributed by atoms with E-state index in [9.17, 15) is 0 Å². The third kappa shape index (κ3) is 4.80. The minimum atomic E-state index is 0.755. The van der Waals surface area contributed by atoms with Gasteiger partial charge >= 0.3 is 0 Å². The first-order valence-corrected chi connectivity index (χ1v) is 8.48. The van der Waals surface area contributed by atoms with E-state index in [1.807, 2.05) is 37.4 Å². The van der Waals surface area contributed by atoms with Crippen LogP contribution in [-0.4, -0.2) is 11.5 Å². The van der Waals surface area contributed by atoms with Crippen molar-refractivity contribution >= 4 is 31.9 Å². The minimum absolute atomic E-state index is 0.755. The van der Waals surface area contributed by atoms with Crippen molar-refractivity contribution in [3.05, 3.63) is 50.7 Å². The van der Waals surface area contributed by atoms with E-state index in [0.29, 0.717) is 0 Å². The van der Waals surface area contributed by atoms with Crippen LogP contribution < -0.4 is 10.1 Å². The minimum Gasteiger partial charge on any atom is -0.456 e. The van der Waals surface area contributed by atoms with Gasteiger partial charge in [-0.1, -0.05) is 22.9 Å². The van der Waals surface area contributed by atoms with Gasteiger partial charge in [-0.15, -0.1) is 0 Å². The summed E-state index contributed by atoms with van der Waals surface area (Å²) < 4.78 is 7.99. The van der Waals surface area contributed by atoms with Crippen molar-refractivity contribution in [2.45, 2.75) is 26.8 Å². The second-order valence-corrected chi connectivity index (χ2v) is 6.56. The number of aromatic nitrogens is 1. The molecule has 0 radical (unpaired) electrons. The molecule has 0 aliphatic rings. The lowest BCUT2D eigenvalue weighted by Crippen LogP contribution is -2.14.